The number of rotatable bonds is 5. The van der Waals surface area contributed by atoms with Gasteiger partial charge in [-0.25, -0.2) is 0 Å². The van der Waals surface area contributed by atoms with Crippen LogP contribution in [0.25, 0.3) is 0 Å². The van der Waals surface area contributed by atoms with Gasteiger partial charge in [0.25, 0.3) is 5.91 Å². The highest BCUT2D eigenvalue weighted by Crippen LogP contribution is 2.33. The molecule has 3 rings (SSSR count). The summed E-state index contributed by atoms with van der Waals surface area (Å²) in [6.07, 6.45) is 1.25. The summed E-state index contributed by atoms with van der Waals surface area (Å²) >= 11 is 0. The normalized spacial score (nSPS) is 23.3. The van der Waals surface area contributed by atoms with E-state index < -0.39 is 0 Å². The van der Waals surface area contributed by atoms with Gasteiger partial charge in [-0.1, -0.05) is 0 Å². The summed E-state index contributed by atoms with van der Waals surface area (Å²) < 4.78 is 10.2. The van der Waals surface area contributed by atoms with Crippen LogP contribution in [-0.4, -0.2) is 67.6 Å². The van der Waals surface area contributed by atoms with Crippen molar-refractivity contribution in [3.63, 3.8) is 0 Å². The van der Waals surface area contributed by atoms with E-state index in [1.54, 1.807) is 38.5 Å². The third-order valence-corrected chi connectivity index (χ3v) is 4.75. The van der Waals surface area contributed by atoms with Crippen LogP contribution < -0.4 is 4.74 Å². The van der Waals surface area contributed by atoms with Crippen LogP contribution in [0.2, 0.25) is 0 Å². The minimum absolute atomic E-state index is 0.0125. The molecule has 0 bridgehead atoms. The smallest absolute Gasteiger partial charge is 0.254 e. The summed E-state index contributed by atoms with van der Waals surface area (Å²) in [5, 5.41) is 0. The van der Waals surface area contributed by atoms with Crippen LogP contribution in [0.1, 0.15) is 23.2 Å². The van der Waals surface area contributed by atoms with Gasteiger partial charge in [-0.05, 0) is 30.7 Å². The Morgan fingerprint density at radius 3 is 2.61 bits per heavy atom. The molecule has 23 heavy (non-hydrogen) atoms. The molecule has 0 spiro atoms. The van der Waals surface area contributed by atoms with Gasteiger partial charge in [0.05, 0.1) is 25.8 Å². The lowest BCUT2D eigenvalue weighted by Crippen LogP contribution is -2.40. The summed E-state index contributed by atoms with van der Waals surface area (Å²) in [5.41, 5.74) is 0.634. The van der Waals surface area contributed by atoms with Crippen molar-refractivity contribution in [3.8, 4) is 5.75 Å². The first kappa shape index (κ1) is 15.8. The number of benzene rings is 1. The van der Waals surface area contributed by atoms with Gasteiger partial charge in [-0.2, -0.15) is 0 Å². The fourth-order valence-electron chi connectivity index (χ4n) is 3.56. The molecule has 2 amide bonds. The quantitative estimate of drug-likeness (QED) is 0.817. The molecule has 2 heterocycles. The zero-order chi connectivity index (χ0) is 16.4. The van der Waals surface area contributed by atoms with E-state index in [1.165, 1.54) is 0 Å². The lowest BCUT2D eigenvalue weighted by Gasteiger charge is -2.25. The highest BCUT2D eigenvalue weighted by molar-refractivity contribution is 5.95. The summed E-state index contributed by atoms with van der Waals surface area (Å²) in [6.45, 7) is 1.82. The molecular formula is C17H22N2O4. The average Bonchev–Trinajstić information content (AvgIpc) is 3.11. The second-order valence-electron chi connectivity index (χ2n) is 5.93. The summed E-state index contributed by atoms with van der Waals surface area (Å²) in [5.74, 6) is 0.827. The van der Waals surface area contributed by atoms with Gasteiger partial charge in [-0.3, -0.25) is 9.59 Å². The molecule has 6 nitrogen and oxygen atoms in total. The molecule has 124 valence electrons. The van der Waals surface area contributed by atoms with E-state index in [0.717, 1.165) is 12.2 Å². The van der Waals surface area contributed by atoms with Crippen molar-refractivity contribution >= 4 is 11.8 Å². The van der Waals surface area contributed by atoms with E-state index in [2.05, 4.69) is 0 Å². The van der Waals surface area contributed by atoms with Crippen LogP contribution in [0.15, 0.2) is 24.3 Å². The van der Waals surface area contributed by atoms with Gasteiger partial charge < -0.3 is 19.3 Å². The predicted octanol–water partition coefficient (Wildman–Crippen LogP) is 1.16. The Labute approximate surface area is 136 Å². The number of amides is 2. The molecule has 1 aromatic rings. The van der Waals surface area contributed by atoms with Gasteiger partial charge in [0.2, 0.25) is 5.91 Å². The SMILES string of the molecule is COCCN1C(=O)CC2C1CCN2C(=O)c1ccc(OC)cc1. The molecule has 0 N–H and O–H groups in total. The highest BCUT2D eigenvalue weighted by Gasteiger charge is 2.48. The van der Waals surface area contributed by atoms with E-state index >= 15 is 0 Å². The van der Waals surface area contributed by atoms with Crippen molar-refractivity contribution in [2.45, 2.75) is 24.9 Å². The second kappa shape index (κ2) is 6.58. The van der Waals surface area contributed by atoms with Crippen LogP contribution in [-0.2, 0) is 9.53 Å². The third-order valence-electron chi connectivity index (χ3n) is 4.75. The molecule has 2 aliphatic heterocycles. The van der Waals surface area contributed by atoms with E-state index in [-0.39, 0.29) is 23.9 Å². The van der Waals surface area contributed by atoms with Crippen molar-refractivity contribution < 1.29 is 19.1 Å². The molecule has 2 aliphatic rings. The molecule has 6 heteroatoms. The molecule has 1 aromatic carbocycles. The summed E-state index contributed by atoms with van der Waals surface area (Å²) in [4.78, 5) is 28.7. The minimum atomic E-state index is -0.0195. The number of likely N-dealkylation sites (tertiary alicyclic amines) is 2. The van der Waals surface area contributed by atoms with E-state index in [0.29, 0.717) is 31.7 Å². The van der Waals surface area contributed by atoms with E-state index in [1.807, 2.05) is 9.80 Å². The molecule has 2 saturated heterocycles. The Morgan fingerprint density at radius 2 is 1.96 bits per heavy atom. The number of carbonyl (C=O) groups excluding carboxylic acids is 2. The maximum absolute atomic E-state index is 12.7. The first-order valence-corrected chi connectivity index (χ1v) is 7.89. The average molecular weight is 318 g/mol. The fourth-order valence-corrected chi connectivity index (χ4v) is 3.56. The lowest BCUT2D eigenvalue weighted by molar-refractivity contribution is -0.129. The van der Waals surface area contributed by atoms with Gasteiger partial charge in [0.1, 0.15) is 5.75 Å². The molecule has 2 unspecified atom stereocenters. The Morgan fingerprint density at radius 1 is 1.22 bits per heavy atom. The minimum Gasteiger partial charge on any atom is -0.497 e. The third kappa shape index (κ3) is 2.91. The molecular weight excluding hydrogens is 296 g/mol. The molecule has 2 fully saturated rings. The maximum Gasteiger partial charge on any atom is 0.254 e. The number of carbonyl (C=O) groups is 2. The Hall–Kier alpha value is -2.08. The van der Waals surface area contributed by atoms with E-state index in [4.69, 9.17) is 9.47 Å². The van der Waals surface area contributed by atoms with Gasteiger partial charge in [0, 0.05) is 32.2 Å². The van der Waals surface area contributed by atoms with Crippen LogP contribution in [0.3, 0.4) is 0 Å². The lowest BCUT2D eigenvalue weighted by atomic mass is 10.1. The number of fused-ring (bicyclic) bond motifs is 1. The zero-order valence-corrected chi connectivity index (χ0v) is 13.5. The largest absolute Gasteiger partial charge is 0.497 e. The van der Waals surface area contributed by atoms with E-state index in [9.17, 15) is 9.59 Å². The number of methoxy groups -OCH3 is 2. The molecule has 0 aliphatic carbocycles. The highest BCUT2D eigenvalue weighted by atomic mass is 16.5. The Bertz CT molecular complexity index is 587. The van der Waals surface area contributed by atoms with Crippen molar-refractivity contribution in [3.05, 3.63) is 29.8 Å². The molecule has 0 radical (unpaired) electrons. The maximum atomic E-state index is 12.7. The van der Waals surface area contributed by atoms with Crippen LogP contribution in [0, 0.1) is 0 Å². The van der Waals surface area contributed by atoms with Crippen molar-refractivity contribution in [2.24, 2.45) is 0 Å². The van der Waals surface area contributed by atoms with Crippen molar-refractivity contribution in [1.29, 1.82) is 0 Å². The van der Waals surface area contributed by atoms with Crippen LogP contribution in [0.5, 0.6) is 5.75 Å². The monoisotopic (exact) mass is 318 g/mol. The van der Waals surface area contributed by atoms with Crippen LogP contribution >= 0.6 is 0 Å². The van der Waals surface area contributed by atoms with Gasteiger partial charge >= 0.3 is 0 Å². The molecule has 2 atom stereocenters. The Kier molecular flexibility index (Phi) is 4.52. The predicted molar refractivity (Wildman–Crippen MR) is 84.4 cm³/mol. The fraction of sp³-hybridized carbons (Fsp3) is 0.529. The number of ether oxygens (including phenoxy) is 2. The van der Waals surface area contributed by atoms with Crippen molar-refractivity contribution in [2.75, 3.05) is 33.9 Å². The second-order valence-corrected chi connectivity index (χ2v) is 5.93. The van der Waals surface area contributed by atoms with Gasteiger partial charge in [0.15, 0.2) is 0 Å². The Balaban J connectivity index is 1.72. The van der Waals surface area contributed by atoms with Gasteiger partial charge in [-0.15, -0.1) is 0 Å². The van der Waals surface area contributed by atoms with Crippen LogP contribution in [0.4, 0.5) is 0 Å². The standard InChI is InChI=1S/C17H22N2O4/c1-22-10-9-18-14-7-8-19(15(14)11-16(18)20)17(21)12-3-5-13(23-2)6-4-12/h3-6,14-15H,7-11H2,1-2H3. The number of nitrogens with zero attached hydrogens (tertiary/aromatic N) is 2. The summed E-state index contributed by atoms with van der Waals surface area (Å²) in [6, 6.07) is 7.22. The topological polar surface area (TPSA) is 59.1 Å². The zero-order valence-electron chi connectivity index (χ0n) is 13.5. The molecule has 0 aromatic heterocycles. The summed E-state index contributed by atoms with van der Waals surface area (Å²) in [7, 11) is 3.23. The number of hydrogen-bond donors (Lipinski definition) is 0. The first-order valence-electron chi connectivity index (χ1n) is 7.89. The number of hydrogen-bond acceptors (Lipinski definition) is 4. The van der Waals surface area contributed by atoms with Crippen molar-refractivity contribution in [1.82, 2.24) is 9.80 Å². The molecule has 0 saturated carbocycles. The first-order chi connectivity index (χ1) is 11.2.